The standard InChI is InChI=1S/C24H27N3O2S/c1-15(2)24(29)27-12-10-17(11-13-27)22(28)25-19-7-5-18(6-8-19)23-26-20-9-4-16(3)14-21(20)30-23/h4-9,14-15,17H,10-13H2,1-3H3,(H,25,28). The number of benzene rings is 2. The molecule has 3 aromatic rings. The summed E-state index contributed by atoms with van der Waals surface area (Å²) in [5.41, 5.74) is 4.09. The number of likely N-dealkylation sites (tertiary alicyclic amines) is 1. The summed E-state index contributed by atoms with van der Waals surface area (Å²) >= 11 is 1.68. The van der Waals surface area contributed by atoms with Crippen LogP contribution < -0.4 is 5.32 Å². The minimum atomic E-state index is -0.0478. The Morgan fingerprint density at radius 1 is 1.10 bits per heavy atom. The maximum atomic E-state index is 12.7. The van der Waals surface area contributed by atoms with Crippen LogP contribution in [-0.2, 0) is 9.59 Å². The van der Waals surface area contributed by atoms with E-state index in [1.807, 2.05) is 43.0 Å². The zero-order valence-electron chi connectivity index (χ0n) is 17.6. The smallest absolute Gasteiger partial charge is 0.227 e. The maximum Gasteiger partial charge on any atom is 0.227 e. The molecule has 2 heterocycles. The molecule has 4 rings (SSSR count). The van der Waals surface area contributed by atoms with Gasteiger partial charge in [-0.25, -0.2) is 4.98 Å². The van der Waals surface area contributed by atoms with Crippen LogP contribution in [-0.4, -0.2) is 34.8 Å². The summed E-state index contributed by atoms with van der Waals surface area (Å²) in [6, 6.07) is 14.2. The van der Waals surface area contributed by atoms with Crippen molar-refractivity contribution in [1.82, 2.24) is 9.88 Å². The molecule has 1 saturated heterocycles. The number of hydrogen-bond donors (Lipinski definition) is 1. The fourth-order valence-corrected chi connectivity index (χ4v) is 4.89. The summed E-state index contributed by atoms with van der Waals surface area (Å²) in [5, 5.41) is 4.01. The third kappa shape index (κ3) is 4.38. The van der Waals surface area contributed by atoms with Crippen LogP contribution >= 0.6 is 11.3 Å². The summed E-state index contributed by atoms with van der Waals surface area (Å²) in [4.78, 5) is 31.4. The van der Waals surface area contributed by atoms with E-state index in [1.54, 1.807) is 11.3 Å². The van der Waals surface area contributed by atoms with Crippen LogP contribution in [0.4, 0.5) is 5.69 Å². The summed E-state index contributed by atoms with van der Waals surface area (Å²) in [6.45, 7) is 7.24. The first kappa shape index (κ1) is 20.5. The van der Waals surface area contributed by atoms with Crippen LogP contribution in [0.3, 0.4) is 0 Å². The number of fused-ring (bicyclic) bond motifs is 1. The number of amides is 2. The number of nitrogens with zero attached hydrogens (tertiary/aromatic N) is 2. The number of thiazole rings is 1. The Hall–Kier alpha value is -2.73. The lowest BCUT2D eigenvalue weighted by atomic mass is 9.95. The first-order valence-electron chi connectivity index (χ1n) is 10.5. The highest BCUT2D eigenvalue weighted by Gasteiger charge is 2.28. The second kappa shape index (κ2) is 8.56. The number of hydrogen-bond acceptors (Lipinski definition) is 4. The Morgan fingerprint density at radius 2 is 1.80 bits per heavy atom. The van der Waals surface area contributed by atoms with Gasteiger partial charge in [-0.15, -0.1) is 11.3 Å². The molecular formula is C24H27N3O2S. The Kier molecular flexibility index (Phi) is 5.86. The second-order valence-corrected chi connectivity index (χ2v) is 9.34. The molecule has 0 saturated carbocycles. The minimum absolute atomic E-state index is 0.00772. The largest absolute Gasteiger partial charge is 0.342 e. The van der Waals surface area contributed by atoms with E-state index in [9.17, 15) is 9.59 Å². The van der Waals surface area contributed by atoms with Crippen molar-refractivity contribution in [2.24, 2.45) is 11.8 Å². The monoisotopic (exact) mass is 421 g/mol. The van der Waals surface area contributed by atoms with Gasteiger partial charge in [0.05, 0.1) is 10.2 Å². The highest BCUT2D eigenvalue weighted by Crippen LogP contribution is 2.31. The van der Waals surface area contributed by atoms with Crippen LogP contribution in [0.15, 0.2) is 42.5 Å². The summed E-state index contributed by atoms with van der Waals surface area (Å²) in [7, 11) is 0. The number of aromatic nitrogens is 1. The van der Waals surface area contributed by atoms with E-state index in [1.165, 1.54) is 10.3 Å². The van der Waals surface area contributed by atoms with Gasteiger partial charge < -0.3 is 10.2 Å². The molecule has 0 spiro atoms. The number of piperidine rings is 1. The second-order valence-electron chi connectivity index (χ2n) is 8.31. The lowest BCUT2D eigenvalue weighted by Crippen LogP contribution is -2.43. The fraction of sp³-hybridized carbons (Fsp3) is 0.375. The van der Waals surface area contributed by atoms with Gasteiger partial charge in [-0.05, 0) is 61.7 Å². The molecule has 1 N–H and O–H groups in total. The number of carbonyl (C=O) groups is 2. The van der Waals surface area contributed by atoms with Crippen LogP contribution in [0.5, 0.6) is 0 Å². The van der Waals surface area contributed by atoms with Crippen LogP contribution in [0.25, 0.3) is 20.8 Å². The molecule has 0 aliphatic carbocycles. The van der Waals surface area contributed by atoms with Crippen LogP contribution in [0.2, 0.25) is 0 Å². The predicted molar refractivity (Wildman–Crippen MR) is 123 cm³/mol. The zero-order valence-corrected chi connectivity index (χ0v) is 18.5. The first-order valence-corrected chi connectivity index (χ1v) is 11.3. The molecular weight excluding hydrogens is 394 g/mol. The van der Waals surface area contributed by atoms with E-state index in [2.05, 4.69) is 30.4 Å². The molecule has 0 atom stereocenters. The Morgan fingerprint density at radius 3 is 2.47 bits per heavy atom. The van der Waals surface area contributed by atoms with Gasteiger partial charge in [0.15, 0.2) is 0 Å². The third-order valence-electron chi connectivity index (χ3n) is 5.61. The van der Waals surface area contributed by atoms with E-state index in [0.29, 0.717) is 25.9 Å². The minimum Gasteiger partial charge on any atom is -0.342 e. The van der Waals surface area contributed by atoms with Crippen LogP contribution in [0, 0.1) is 18.8 Å². The van der Waals surface area contributed by atoms with Gasteiger partial charge in [0.2, 0.25) is 11.8 Å². The molecule has 1 fully saturated rings. The first-order chi connectivity index (χ1) is 14.4. The molecule has 2 aromatic carbocycles. The zero-order chi connectivity index (χ0) is 21.3. The van der Waals surface area contributed by atoms with Crippen molar-refractivity contribution in [3.05, 3.63) is 48.0 Å². The Bertz CT molecular complexity index is 1060. The highest BCUT2D eigenvalue weighted by molar-refractivity contribution is 7.21. The molecule has 1 aliphatic heterocycles. The van der Waals surface area contributed by atoms with Crippen molar-refractivity contribution >= 4 is 39.1 Å². The molecule has 0 radical (unpaired) electrons. The molecule has 30 heavy (non-hydrogen) atoms. The van der Waals surface area contributed by atoms with Crippen molar-refractivity contribution in [2.75, 3.05) is 18.4 Å². The maximum absolute atomic E-state index is 12.7. The Labute approximate surface area is 181 Å². The molecule has 0 unspecified atom stereocenters. The molecule has 6 heteroatoms. The lowest BCUT2D eigenvalue weighted by Gasteiger charge is -2.32. The van der Waals surface area contributed by atoms with Crippen molar-refractivity contribution in [2.45, 2.75) is 33.6 Å². The summed E-state index contributed by atoms with van der Waals surface area (Å²) < 4.78 is 1.18. The van der Waals surface area contributed by atoms with Gasteiger partial charge in [-0.1, -0.05) is 19.9 Å². The van der Waals surface area contributed by atoms with Gasteiger partial charge in [0.1, 0.15) is 5.01 Å². The van der Waals surface area contributed by atoms with Crippen LogP contribution in [0.1, 0.15) is 32.3 Å². The van der Waals surface area contributed by atoms with Crippen molar-refractivity contribution in [3.63, 3.8) is 0 Å². The molecule has 2 amide bonds. The van der Waals surface area contributed by atoms with Gasteiger partial charge in [0, 0.05) is 36.2 Å². The lowest BCUT2D eigenvalue weighted by molar-refractivity contribution is -0.137. The summed E-state index contributed by atoms with van der Waals surface area (Å²) in [5.74, 6) is 0.172. The molecule has 156 valence electrons. The SMILES string of the molecule is Cc1ccc2nc(-c3ccc(NC(=O)C4CCN(C(=O)C(C)C)CC4)cc3)sc2c1. The predicted octanol–water partition coefficient (Wildman–Crippen LogP) is 5.10. The number of nitrogens with one attached hydrogen (secondary N) is 1. The number of rotatable bonds is 4. The third-order valence-corrected chi connectivity index (χ3v) is 6.68. The summed E-state index contributed by atoms with van der Waals surface area (Å²) in [6.07, 6.45) is 1.43. The number of anilines is 1. The molecule has 5 nitrogen and oxygen atoms in total. The number of aryl methyl sites for hydroxylation is 1. The number of carbonyl (C=O) groups excluding carboxylic acids is 2. The van der Waals surface area contributed by atoms with Gasteiger partial charge in [0.25, 0.3) is 0 Å². The highest BCUT2D eigenvalue weighted by atomic mass is 32.1. The van der Waals surface area contributed by atoms with Crippen molar-refractivity contribution in [1.29, 1.82) is 0 Å². The quantitative estimate of drug-likeness (QED) is 0.637. The van der Waals surface area contributed by atoms with E-state index in [-0.39, 0.29) is 23.7 Å². The topological polar surface area (TPSA) is 62.3 Å². The van der Waals surface area contributed by atoms with Crippen molar-refractivity contribution in [3.8, 4) is 10.6 Å². The van der Waals surface area contributed by atoms with Gasteiger partial charge >= 0.3 is 0 Å². The van der Waals surface area contributed by atoms with Gasteiger partial charge in [-0.2, -0.15) is 0 Å². The average molecular weight is 422 g/mol. The molecule has 1 aromatic heterocycles. The fourth-order valence-electron chi connectivity index (χ4n) is 3.82. The van der Waals surface area contributed by atoms with E-state index >= 15 is 0 Å². The van der Waals surface area contributed by atoms with Gasteiger partial charge in [-0.3, -0.25) is 9.59 Å². The van der Waals surface area contributed by atoms with E-state index in [4.69, 9.17) is 4.98 Å². The molecule has 1 aliphatic rings. The Balaban J connectivity index is 1.37. The van der Waals surface area contributed by atoms with Crippen molar-refractivity contribution < 1.29 is 9.59 Å². The average Bonchev–Trinajstić information content (AvgIpc) is 3.17. The van der Waals surface area contributed by atoms with E-state index in [0.717, 1.165) is 21.8 Å². The van der Waals surface area contributed by atoms with E-state index < -0.39 is 0 Å². The molecule has 0 bridgehead atoms. The normalized spacial score (nSPS) is 15.0.